The van der Waals surface area contributed by atoms with Crippen molar-refractivity contribution in [1.29, 1.82) is 0 Å². The Kier molecular flexibility index (Phi) is 5.37. The molecule has 0 spiro atoms. The third-order valence-electron chi connectivity index (χ3n) is 5.23. The van der Waals surface area contributed by atoms with Crippen LogP contribution in [-0.2, 0) is 11.2 Å². The summed E-state index contributed by atoms with van der Waals surface area (Å²) in [5.74, 6) is 0.947. The molecule has 1 aliphatic heterocycles. The van der Waals surface area contributed by atoms with E-state index >= 15 is 0 Å². The summed E-state index contributed by atoms with van der Waals surface area (Å²) in [6.07, 6.45) is 2.63. The molecule has 1 saturated heterocycles. The number of piperidine rings is 1. The number of H-pyrrole nitrogens is 1. The van der Waals surface area contributed by atoms with Gasteiger partial charge in [-0.15, -0.1) is 0 Å². The smallest absolute Gasteiger partial charge is 0.251 e. The number of imidazole rings is 1. The van der Waals surface area contributed by atoms with Gasteiger partial charge in [-0.2, -0.15) is 0 Å². The van der Waals surface area contributed by atoms with Gasteiger partial charge in [-0.25, -0.2) is 4.98 Å². The summed E-state index contributed by atoms with van der Waals surface area (Å²) in [6.45, 7) is 1.36. The van der Waals surface area contributed by atoms with E-state index in [1.54, 1.807) is 0 Å². The summed E-state index contributed by atoms with van der Waals surface area (Å²) >= 11 is 0. The molecule has 2 heterocycles. The first-order valence-corrected chi connectivity index (χ1v) is 9.76. The molecule has 0 bridgehead atoms. The lowest BCUT2D eigenvalue weighted by atomic mass is 10.0. The van der Waals surface area contributed by atoms with Gasteiger partial charge in [-0.3, -0.25) is 9.59 Å². The minimum absolute atomic E-state index is 0.0461. The molecule has 4 rings (SSSR count). The van der Waals surface area contributed by atoms with Gasteiger partial charge in [-0.1, -0.05) is 30.3 Å². The van der Waals surface area contributed by atoms with Crippen molar-refractivity contribution in [3.05, 3.63) is 66.0 Å². The van der Waals surface area contributed by atoms with E-state index in [-0.39, 0.29) is 17.9 Å². The first kappa shape index (κ1) is 18.2. The zero-order valence-corrected chi connectivity index (χ0v) is 15.7. The molecule has 1 fully saturated rings. The molecule has 2 N–H and O–H groups in total. The molecular weight excluding hydrogens is 352 g/mol. The second-order valence-electron chi connectivity index (χ2n) is 7.20. The predicted molar refractivity (Wildman–Crippen MR) is 108 cm³/mol. The molecule has 144 valence electrons. The number of rotatable bonds is 5. The van der Waals surface area contributed by atoms with Gasteiger partial charge in [0.05, 0.1) is 11.0 Å². The Morgan fingerprint density at radius 3 is 2.50 bits per heavy atom. The van der Waals surface area contributed by atoms with Gasteiger partial charge in [0.2, 0.25) is 5.91 Å². The molecule has 6 nitrogen and oxygen atoms in total. The molecular formula is C22H24N4O2. The molecule has 28 heavy (non-hydrogen) atoms. The predicted octanol–water partition coefficient (Wildman–Crippen LogP) is 2.92. The molecule has 0 unspecified atom stereocenters. The summed E-state index contributed by atoms with van der Waals surface area (Å²) in [6, 6.07) is 17.2. The van der Waals surface area contributed by atoms with Crippen LogP contribution in [0.15, 0.2) is 54.6 Å². The van der Waals surface area contributed by atoms with Gasteiger partial charge in [0.1, 0.15) is 5.82 Å². The fourth-order valence-electron chi connectivity index (χ4n) is 3.64. The normalized spacial score (nSPS) is 14.9. The van der Waals surface area contributed by atoms with E-state index < -0.39 is 0 Å². The number of aromatic nitrogens is 2. The average Bonchev–Trinajstić information content (AvgIpc) is 3.16. The minimum Gasteiger partial charge on any atom is -0.349 e. The summed E-state index contributed by atoms with van der Waals surface area (Å²) in [4.78, 5) is 34.5. The van der Waals surface area contributed by atoms with E-state index in [1.807, 2.05) is 59.5 Å². The van der Waals surface area contributed by atoms with E-state index in [1.165, 1.54) is 0 Å². The second-order valence-corrected chi connectivity index (χ2v) is 7.20. The van der Waals surface area contributed by atoms with Crippen molar-refractivity contribution in [2.45, 2.75) is 31.7 Å². The van der Waals surface area contributed by atoms with Crippen molar-refractivity contribution in [3.8, 4) is 0 Å². The van der Waals surface area contributed by atoms with Crippen LogP contribution in [0.1, 0.15) is 35.4 Å². The quantitative estimate of drug-likeness (QED) is 0.719. The number of aromatic amines is 1. The number of aryl methyl sites for hydroxylation is 1. The Balaban J connectivity index is 1.24. The van der Waals surface area contributed by atoms with Gasteiger partial charge in [-0.05, 0) is 37.1 Å². The number of nitrogens with one attached hydrogen (secondary N) is 2. The number of carbonyl (C=O) groups is 2. The minimum atomic E-state index is -0.0461. The first-order valence-electron chi connectivity index (χ1n) is 9.76. The van der Waals surface area contributed by atoms with E-state index in [2.05, 4.69) is 15.3 Å². The van der Waals surface area contributed by atoms with Crippen LogP contribution in [-0.4, -0.2) is 45.8 Å². The van der Waals surface area contributed by atoms with Gasteiger partial charge in [0.25, 0.3) is 5.91 Å². The van der Waals surface area contributed by atoms with Crippen molar-refractivity contribution in [2.75, 3.05) is 13.1 Å². The Hall–Kier alpha value is -3.15. The largest absolute Gasteiger partial charge is 0.349 e. The standard InChI is InChI=1S/C22H24N4O2/c27-21(11-10-20-24-18-8-4-5-9-19(18)25-20)26-14-12-17(13-15-26)23-22(28)16-6-2-1-3-7-16/h1-9,17H,10-15H2,(H,23,28)(H,24,25). The number of benzene rings is 2. The lowest BCUT2D eigenvalue weighted by molar-refractivity contribution is -0.132. The maximum absolute atomic E-state index is 12.5. The average molecular weight is 376 g/mol. The monoisotopic (exact) mass is 376 g/mol. The molecule has 1 aromatic heterocycles. The Morgan fingerprint density at radius 2 is 1.75 bits per heavy atom. The van der Waals surface area contributed by atoms with Crippen molar-refractivity contribution >= 4 is 22.8 Å². The topological polar surface area (TPSA) is 78.1 Å². The van der Waals surface area contributed by atoms with Crippen LogP contribution in [0.5, 0.6) is 0 Å². The van der Waals surface area contributed by atoms with Crippen molar-refractivity contribution in [1.82, 2.24) is 20.2 Å². The lowest BCUT2D eigenvalue weighted by Gasteiger charge is -2.32. The summed E-state index contributed by atoms with van der Waals surface area (Å²) in [7, 11) is 0. The van der Waals surface area contributed by atoms with Crippen LogP contribution >= 0.6 is 0 Å². The Labute approximate surface area is 164 Å². The highest BCUT2D eigenvalue weighted by molar-refractivity contribution is 5.94. The van der Waals surface area contributed by atoms with E-state index in [9.17, 15) is 9.59 Å². The highest BCUT2D eigenvalue weighted by atomic mass is 16.2. The Bertz CT molecular complexity index is 926. The third kappa shape index (κ3) is 4.22. The van der Waals surface area contributed by atoms with E-state index in [0.717, 1.165) is 29.7 Å². The summed E-state index contributed by atoms with van der Waals surface area (Å²) < 4.78 is 0. The van der Waals surface area contributed by atoms with Gasteiger partial charge < -0.3 is 15.2 Å². The van der Waals surface area contributed by atoms with Crippen LogP contribution in [0.4, 0.5) is 0 Å². The van der Waals surface area contributed by atoms with E-state index in [4.69, 9.17) is 0 Å². The van der Waals surface area contributed by atoms with Gasteiger partial charge in [0.15, 0.2) is 0 Å². The third-order valence-corrected chi connectivity index (χ3v) is 5.23. The highest BCUT2D eigenvalue weighted by Crippen LogP contribution is 2.15. The fraction of sp³-hybridized carbons (Fsp3) is 0.318. The summed E-state index contributed by atoms with van der Waals surface area (Å²) in [5.41, 5.74) is 2.60. The molecule has 2 amide bonds. The number of likely N-dealkylation sites (tertiary alicyclic amines) is 1. The van der Waals surface area contributed by atoms with Crippen molar-refractivity contribution in [3.63, 3.8) is 0 Å². The molecule has 0 saturated carbocycles. The molecule has 0 aliphatic carbocycles. The fourth-order valence-corrected chi connectivity index (χ4v) is 3.64. The highest BCUT2D eigenvalue weighted by Gasteiger charge is 2.24. The number of nitrogens with zero attached hydrogens (tertiary/aromatic N) is 2. The van der Waals surface area contributed by atoms with Crippen LogP contribution < -0.4 is 5.32 Å². The number of hydrogen-bond donors (Lipinski definition) is 2. The molecule has 0 atom stereocenters. The van der Waals surface area contributed by atoms with Gasteiger partial charge >= 0.3 is 0 Å². The lowest BCUT2D eigenvalue weighted by Crippen LogP contribution is -2.46. The Morgan fingerprint density at radius 1 is 1.04 bits per heavy atom. The maximum Gasteiger partial charge on any atom is 0.251 e. The van der Waals surface area contributed by atoms with Crippen LogP contribution in [0.3, 0.4) is 0 Å². The number of para-hydroxylation sites is 2. The molecule has 1 aliphatic rings. The maximum atomic E-state index is 12.5. The molecule has 2 aromatic carbocycles. The zero-order chi connectivity index (χ0) is 19.3. The summed E-state index contributed by atoms with van der Waals surface area (Å²) in [5, 5.41) is 3.08. The van der Waals surface area contributed by atoms with Gasteiger partial charge in [0, 0.05) is 37.5 Å². The van der Waals surface area contributed by atoms with E-state index in [0.29, 0.717) is 31.5 Å². The molecule has 3 aromatic rings. The number of hydrogen-bond acceptors (Lipinski definition) is 3. The van der Waals surface area contributed by atoms with Crippen molar-refractivity contribution in [2.24, 2.45) is 0 Å². The van der Waals surface area contributed by atoms with Crippen LogP contribution in [0.25, 0.3) is 11.0 Å². The SMILES string of the molecule is O=C(NC1CCN(C(=O)CCc2nc3ccccc3[nH]2)CC1)c1ccccc1. The molecule has 0 radical (unpaired) electrons. The number of carbonyl (C=O) groups excluding carboxylic acids is 2. The van der Waals surface area contributed by atoms with Crippen LogP contribution in [0, 0.1) is 0 Å². The van der Waals surface area contributed by atoms with Crippen LogP contribution in [0.2, 0.25) is 0 Å². The zero-order valence-electron chi connectivity index (χ0n) is 15.7. The number of fused-ring (bicyclic) bond motifs is 1. The first-order chi connectivity index (χ1) is 13.7. The van der Waals surface area contributed by atoms with Crippen molar-refractivity contribution < 1.29 is 9.59 Å². The number of amides is 2. The second kappa shape index (κ2) is 8.25. The molecule has 6 heteroatoms.